The van der Waals surface area contributed by atoms with Crippen LogP contribution in [0.4, 0.5) is 0 Å². The Hall–Kier alpha value is -0.720. The van der Waals surface area contributed by atoms with E-state index in [4.69, 9.17) is 0 Å². The maximum Gasteiger partial charge on any atom is 0.000423 e. The van der Waals surface area contributed by atoms with Crippen molar-refractivity contribution < 1.29 is 0 Å². The molecule has 1 aliphatic heterocycles. The van der Waals surface area contributed by atoms with Gasteiger partial charge in [0.25, 0.3) is 0 Å². The maximum absolute atomic E-state index is 3.01. The number of hydrogen-bond donors (Lipinski definition) is 1. The Bertz CT molecular complexity index is 122. The minimum Gasteiger partial charge on any atom is -0.368 e. The second-order valence-electron chi connectivity index (χ2n) is 2.71. The molecule has 50 valence electrons. The molecule has 0 unspecified atom stereocenters. The van der Waals surface area contributed by atoms with Gasteiger partial charge in [-0.15, -0.1) is 0 Å². The van der Waals surface area contributed by atoms with Gasteiger partial charge in [-0.1, -0.05) is 26.0 Å². The molecule has 1 nitrogen and oxygen atoms in total. The fraction of sp³-hybridized carbons (Fsp3) is 0.500. The van der Waals surface area contributed by atoms with Gasteiger partial charge in [0.05, 0.1) is 0 Å². The lowest BCUT2D eigenvalue weighted by Crippen LogP contribution is -2.08. The normalized spacial score (nSPS) is 18.6. The van der Waals surface area contributed by atoms with E-state index in [0.29, 0.717) is 5.92 Å². The van der Waals surface area contributed by atoms with Crippen LogP contribution in [0.25, 0.3) is 0 Å². The molecule has 0 aliphatic carbocycles. The van der Waals surface area contributed by atoms with Crippen molar-refractivity contribution in [3.05, 3.63) is 24.6 Å². The summed E-state index contributed by atoms with van der Waals surface area (Å²) in [6, 6.07) is 0. The summed E-state index contributed by atoms with van der Waals surface area (Å²) in [5.74, 6) is 1.35. The van der Waals surface area contributed by atoms with Crippen LogP contribution in [0.3, 0.4) is 0 Å². The Balaban J connectivity index is 2.49. The molecule has 0 aromatic rings. The Labute approximate surface area is 56.5 Å². The van der Waals surface area contributed by atoms with Gasteiger partial charge in [0.1, 0.15) is 0 Å². The lowest BCUT2D eigenvalue weighted by molar-refractivity contribution is 0.542. The summed E-state index contributed by atoms with van der Waals surface area (Å²) in [7, 11) is 0. The van der Waals surface area contributed by atoms with Crippen LogP contribution in [0.15, 0.2) is 24.6 Å². The highest BCUT2D eigenvalue weighted by Gasteiger charge is 2.05. The topological polar surface area (TPSA) is 12.0 Å². The first kappa shape index (κ1) is 6.40. The summed E-state index contributed by atoms with van der Waals surface area (Å²) in [5, 5.41) is 3.01. The monoisotopic (exact) mass is 123 g/mol. The Morgan fingerprint density at radius 3 is 2.11 bits per heavy atom. The molecule has 1 heterocycles. The molecular formula is C8H13N. The molecule has 1 aliphatic rings. The highest BCUT2D eigenvalue weighted by atomic mass is 14.8. The van der Waals surface area contributed by atoms with Gasteiger partial charge in [-0.05, 0) is 18.3 Å². The van der Waals surface area contributed by atoms with E-state index >= 15 is 0 Å². The molecule has 1 N–H and O–H groups in total. The first-order chi connectivity index (χ1) is 4.30. The summed E-state index contributed by atoms with van der Waals surface area (Å²) in [5.41, 5.74) is 0. The van der Waals surface area contributed by atoms with E-state index in [-0.39, 0.29) is 0 Å². The minimum atomic E-state index is 0.631. The third kappa shape index (κ3) is 1.60. The predicted octanol–water partition coefficient (Wildman–Crippen LogP) is 1.89. The summed E-state index contributed by atoms with van der Waals surface area (Å²) in [6.07, 6.45) is 8.35. The van der Waals surface area contributed by atoms with Crippen LogP contribution in [0, 0.1) is 11.8 Å². The third-order valence-corrected chi connectivity index (χ3v) is 1.60. The molecule has 0 atom stereocenters. The van der Waals surface area contributed by atoms with Crippen LogP contribution in [0.5, 0.6) is 0 Å². The van der Waals surface area contributed by atoms with Crippen LogP contribution in [0.2, 0.25) is 0 Å². The second-order valence-corrected chi connectivity index (χ2v) is 2.71. The van der Waals surface area contributed by atoms with Crippen LogP contribution in [-0.4, -0.2) is 0 Å². The molecular weight excluding hydrogens is 110 g/mol. The number of nitrogens with one attached hydrogen (secondary N) is 1. The summed E-state index contributed by atoms with van der Waals surface area (Å²) >= 11 is 0. The quantitative estimate of drug-likeness (QED) is 0.561. The Kier molecular flexibility index (Phi) is 1.93. The molecule has 0 spiro atoms. The molecule has 0 aromatic carbocycles. The van der Waals surface area contributed by atoms with Crippen LogP contribution in [0.1, 0.15) is 13.8 Å². The zero-order valence-corrected chi connectivity index (χ0v) is 5.96. The van der Waals surface area contributed by atoms with Gasteiger partial charge in [-0.25, -0.2) is 0 Å². The highest BCUT2D eigenvalue weighted by molar-refractivity contribution is 5.06. The lowest BCUT2D eigenvalue weighted by Gasteiger charge is -2.14. The smallest absolute Gasteiger partial charge is 0.000423 e. The first-order valence-corrected chi connectivity index (χ1v) is 3.40. The average Bonchev–Trinajstić information content (AvgIpc) is 1.90. The van der Waals surface area contributed by atoms with Crippen molar-refractivity contribution >= 4 is 0 Å². The number of hydrogen-bond acceptors (Lipinski definition) is 1. The van der Waals surface area contributed by atoms with Crippen molar-refractivity contribution in [3.63, 3.8) is 0 Å². The van der Waals surface area contributed by atoms with Crippen molar-refractivity contribution in [2.45, 2.75) is 13.8 Å². The van der Waals surface area contributed by atoms with E-state index < -0.39 is 0 Å². The van der Waals surface area contributed by atoms with Gasteiger partial charge in [0, 0.05) is 5.92 Å². The van der Waals surface area contributed by atoms with E-state index in [1.54, 1.807) is 0 Å². The van der Waals surface area contributed by atoms with Crippen molar-refractivity contribution in [2.75, 3.05) is 0 Å². The SMILES string of the molecule is CC(C)C1C=CNC=C1. The lowest BCUT2D eigenvalue weighted by atomic mass is 9.95. The second kappa shape index (κ2) is 2.72. The van der Waals surface area contributed by atoms with Gasteiger partial charge in [-0.3, -0.25) is 0 Å². The number of rotatable bonds is 1. The van der Waals surface area contributed by atoms with E-state index in [9.17, 15) is 0 Å². The molecule has 9 heavy (non-hydrogen) atoms. The van der Waals surface area contributed by atoms with Crippen molar-refractivity contribution in [3.8, 4) is 0 Å². The molecule has 1 rings (SSSR count). The van der Waals surface area contributed by atoms with E-state index in [1.807, 2.05) is 12.4 Å². The van der Waals surface area contributed by atoms with E-state index in [2.05, 4.69) is 31.3 Å². The Morgan fingerprint density at radius 2 is 1.78 bits per heavy atom. The van der Waals surface area contributed by atoms with Gasteiger partial charge in [-0.2, -0.15) is 0 Å². The molecule has 0 saturated carbocycles. The molecule has 0 bridgehead atoms. The fourth-order valence-electron chi connectivity index (χ4n) is 0.897. The van der Waals surface area contributed by atoms with Crippen molar-refractivity contribution in [1.82, 2.24) is 5.32 Å². The Morgan fingerprint density at radius 1 is 1.22 bits per heavy atom. The van der Waals surface area contributed by atoms with E-state index in [1.165, 1.54) is 0 Å². The fourth-order valence-corrected chi connectivity index (χ4v) is 0.897. The molecule has 0 saturated heterocycles. The van der Waals surface area contributed by atoms with Gasteiger partial charge < -0.3 is 5.32 Å². The average molecular weight is 123 g/mol. The standard InChI is InChI=1S/C8H13N/c1-7(2)8-3-5-9-6-4-8/h3-9H,1-2H3. The van der Waals surface area contributed by atoms with Crippen LogP contribution in [-0.2, 0) is 0 Å². The minimum absolute atomic E-state index is 0.631. The third-order valence-electron chi connectivity index (χ3n) is 1.60. The van der Waals surface area contributed by atoms with Crippen molar-refractivity contribution in [1.29, 1.82) is 0 Å². The highest BCUT2D eigenvalue weighted by Crippen LogP contribution is 2.14. The molecule has 1 heteroatoms. The van der Waals surface area contributed by atoms with E-state index in [0.717, 1.165) is 5.92 Å². The van der Waals surface area contributed by atoms with Gasteiger partial charge >= 0.3 is 0 Å². The molecule has 0 aromatic heterocycles. The summed E-state index contributed by atoms with van der Waals surface area (Å²) in [6.45, 7) is 4.45. The molecule has 0 radical (unpaired) electrons. The zero-order chi connectivity index (χ0) is 6.69. The predicted molar refractivity (Wildman–Crippen MR) is 39.7 cm³/mol. The first-order valence-electron chi connectivity index (χ1n) is 3.40. The number of dihydropyridines is 1. The van der Waals surface area contributed by atoms with Crippen LogP contribution >= 0.6 is 0 Å². The summed E-state index contributed by atoms with van der Waals surface area (Å²) < 4.78 is 0. The zero-order valence-electron chi connectivity index (χ0n) is 5.96. The maximum atomic E-state index is 3.01. The van der Waals surface area contributed by atoms with Gasteiger partial charge in [0.2, 0.25) is 0 Å². The van der Waals surface area contributed by atoms with Crippen LogP contribution < -0.4 is 5.32 Å². The largest absolute Gasteiger partial charge is 0.368 e. The van der Waals surface area contributed by atoms with Crippen molar-refractivity contribution in [2.24, 2.45) is 11.8 Å². The van der Waals surface area contributed by atoms with Gasteiger partial charge in [0.15, 0.2) is 0 Å². The molecule has 0 amide bonds. The summed E-state index contributed by atoms with van der Waals surface area (Å²) in [4.78, 5) is 0. The number of allylic oxidation sites excluding steroid dienone is 2. The molecule has 0 fully saturated rings.